The summed E-state index contributed by atoms with van der Waals surface area (Å²) in [6.07, 6.45) is 2.34. The first kappa shape index (κ1) is 14.8. The van der Waals surface area contributed by atoms with Gasteiger partial charge in [-0.15, -0.1) is 0 Å². The third-order valence-corrected chi connectivity index (χ3v) is 3.75. The summed E-state index contributed by atoms with van der Waals surface area (Å²) in [4.78, 5) is 23.2. The number of benzene rings is 1. The molecule has 1 aliphatic rings. The van der Waals surface area contributed by atoms with Crippen molar-refractivity contribution in [3.8, 4) is 0 Å². The van der Waals surface area contributed by atoms with Gasteiger partial charge in [0.25, 0.3) is 0 Å². The van der Waals surface area contributed by atoms with Crippen LogP contribution in [0, 0.1) is 5.92 Å². The quantitative estimate of drug-likeness (QED) is 0.797. The standard InChI is InChI=1S/C14H17ClN2O3/c15-10-2-1-3-11(13(10)14(19)20)17-12(18)8-9-4-6-16-7-5-9/h1-3,9,16H,4-8H2,(H,17,18)(H,19,20). The van der Waals surface area contributed by atoms with E-state index in [-0.39, 0.29) is 22.2 Å². The van der Waals surface area contributed by atoms with E-state index in [4.69, 9.17) is 16.7 Å². The molecule has 1 fully saturated rings. The Bertz CT molecular complexity index is 513. The average Bonchev–Trinajstić information content (AvgIpc) is 2.39. The molecule has 6 heteroatoms. The zero-order chi connectivity index (χ0) is 14.5. The van der Waals surface area contributed by atoms with Crippen molar-refractivity contribution >= 4 is 29.2 Å². The van der Waals surface area contributed by atoms with Crippen molar-refractivity contribution in [3.05, 3.63) is 28.8 Å². The Morgan fingerprint density at radius 3 is 2.70 bits per heavy atom. The molecule has 3 N–H and O–H groups in total. The van der Waals surface area contributed by atoms with Crippen LogP contribution in [0.15, 0.2) is 18.2 Å². The summed E-state index contributed by atoms with van der Waals surface area (Å²) in [5.74, 6) is -0.960. The number of amides is 1. The Labute approximate surface area is 122 Å². The topological polar surface area (TPSA) is 78.4 Å². The Morgan fingerprint density at radius 2 is 2.05 bits per heavy atom. The first-order valence-electron chi connectivity index (χ1n) is 6.60. The number of hydrogen-bond donors (Lipinski definition) is 3. The van der Waals surface area contributed by atoms with Crippen LogP contribution in [0.2, 0.25) is 5.02 Å². The second-order valence-electron chi connectivity index (χ2n) is 4.91. The third kappa shape index (κ3) is 3.71. The van der Waals surface area contributed by atoms with E-state index in [2.05, 4.69) is 10.6 Å². The molecule has 1 aromatic rings. The van der Waals surface area contributed by atoms with Crippen LogP contribution >= 0.6 is 11.6 Å². The van der Waals surface area contributed by atoms with Gasteiger partial charge in [-0.3, -0.25) is 4.79 Å². The largest absolute Gasteiger partial charge is 0.478 e. The molecule has 0 unspecified atom stereocenters. The first-order chi connectivity index (χ1) is 9.58. The smallest absolute Gasteiger partial charge is 0.339 e. The van der Waals surface area contributed by atoms with Crippen LogP contribution in [-0.4, -0.2) is 30.1 Å². The number of nitrogens with one attached hydrogen (secondary N) is 2. The maximum Gasteiger partial charge on any atom is 0.339 e. The number of carbonyl (C=O) groups is 2. The number of piperidine rings is 1. The summed E-state index contributed by atoms with van der Waals surface area (Å²) in [5, 5.41) is 15.2. The summed E-state index contributed by atoms with van der Waals surface area (Å²) < 4.78 is 0. The molecule has 0 radical (unpaired) electrons. The van der Waals surface area contributed by atoms with E-state index < -0.39 is 5.97 Å². The van der Waals surface area contributed by atoms with Crippen molar-refractivity contribution in [2.75, 3.05) is 18.4 Å². The van der Waals surface area contributed by atoms with Crippen molar-refractivity contribution < 1.29 is 14.7 Å². The van der Waals surface area contributed by atoms with E-state index >= 15 is 0 Å². The van der Waals surface area contributed by atoms with Gasteiger partial charge < -0.3 is 15.7 Å². The molecule has 1 aliphatic heterocycles. The molecule has 2 rings (SSSR count). The van der Waals surface area contributed by atoms with Gasteiger partial charge in [-0.2, -0.15) is 0 Å². The number of anilines is 1. The van der Waals surface area contributed by atoms with E-state index in [1.54, 1.807) is 12.1 Å². The highest BCUT2D eigenvalue weighted by molar-refractivity contribution is 6.34. The van der Waals surface area contributed by atoms with Gasteiger partial charge in [0.05, 0.1) is 10.7 Å². The van der Waals surface area contributed by atoms with Crippen LogP contribution in [-0.2, 0) is 4.79 Å². The minimum atomic E-state index is -1.15. The van der Waals surface area contributed by atoms with E-state index in [0.717, 1.165) is 25.9 Å². The summed E-state index contributed by atoms with van der Waals surface area (Å²) in [5.41, 5.74) is 0.191. The zero-order valence-electron chi connectivity index (χ0n) is 11.0. The average molecular weight is 297 g/mol. The van der Waals surface area contributed by atoms with Crippen molar-refractivity contribution in [1.82, 2.24) is 5.32 Å². The van der Waals surface area contributed by atoms with Gasteiger partial charge in [0, 0.05) is 6.42 Å². The lowest BCUT2D eigenvalue weighted by atomic mass is 9.94. The number of carbonyl (C=O) groups excluding carboxylic acids is 1. The molecular formula is C14H17ClN2O3. The molecule has 1 saturated heterocycles. The van der Waals surface area contributed by atoms with Gasteiger partial charge in [0.1, 0.15) is 5.56 Å². The fourth-order valence-corrected chi connectivity index (χ4v) is 2.65. The van der Waals surface area contributed by atoms with Gasteiger partial charge in [-0.1, -0.05) is 17.7 Å². The molecular weight excluding hydrogens is 280 g/mol. The first-order valence-corrected chi connectivity index (χ1v) is 6.98. The van der Waals surface area contributed by atoms with Crippen LogP contribution in [0.4, 0.5) is 5.69 Å². The van der Waals surface area contributed by atoms with Crippen LogP contribution in [0.25, 0.3) is 0 Å². The maximum atomic E-state index is 12.0. The SMILES string of the molecule is O=C(CC1CCNCC1)Nc1cccc(Cl)c1C(=O)O. The molecule has 1 heterocycles. The van der Waals surface area contributed by atoms with Crippen LogP contribution in [0.3, 0.4) is 0 Å². The Hall–Kier alpha value is -1.59. The summed E-state index contributed by atoms with van der Waals surface area (Å²) in [6.45, 7) is 1.85. The highest BCUT2D eigenvalue weighted by Crippen LogP contribution is 2.25. The van der Waals surface area contributed by atoms with Gasteiger partial charge >= 0.3 is 5.97 Å². The fraction of sp³-hybridized carbons (Fsp3) is 0.429. The number of rotatable bonds is 4. The van der Waals surface area contributed by atoms with E-state index in [1.165, 1.54) is 6.07 Å². The van der Waals surface area contributed by atoms with E-state index in [9.17, 15) is 9.59 Å². The monoisotopic (exact) mass is 296 g/mol. The van der Waals surface area contributed by atoms with Gasteiger partial charge in [0.15, 0.2) is 0 Å². The van der Waals surface area contributed by atoms with E-state index in [1.807, 2.05) is 0 Å². The fourth-order valence-electron chi connectivity index (χ4n) is 2.39. The second-order valence-corrected chi connectivity index (χ2v) is 5.32. The van der Waals surface area contributed by atoms with Crippen molar-refractivity contribution in [2.45, 2.75) is 19.3 Å². The minimum absolute atomic E-state index is 0.0622. The van der Waals surface area contributed by atoms with Crippen LogP contribution in [0.1, 0.15) is 29.6 Å². The molecule has 5 nitrogen and oxygen atoms in total. The lowest BCUT2D eigenvalue weighted by Crippen LogP contribution is -2.30. The third-order valence-electron chi connectivity index (χ3n) is 3.43. The van der Waals surface area contributed by atoms with Gasteiger partial charge in [-0.25, -0.2) is 4.79 Å². The predicted octanol–water partition coefficient (Wildman–Crippen LogP) is 2.37. The molecule has 0 spiro atoms. The molecule has 108 valence electrons. The van der Waals surface area contributed by atoms with Crippen molar-refractivity contribution in [2.24, 2.45) is 5.92 Å². The predicted molar refractivity (Wildman–Crippen MR) is 77.3 cm³/mol. The number of hydrogen-bond acceptors (Lipinski definition) is 3. The number of carboxylic acids is 1. The summed E-state index contributed by atoms with van der Waals surface area (Å²) in [7, 11) is 0. The van der Waals surface area contributed by atoms with Gasteiger partial charge in [0.2, 0.25) is 5.91 Å². The number of carboxylic acid groups (broad SMARTS) is 1. The Morgan fingerprint density at radius 1 is 1.35 bits per heavy atom. The normalized spacial score (nSPS) is 15.8. The number of halogens is 1. The van der Waals surface area contributed by atoms with Crippen LogP contribution < -0.4 is 10.6 Å². The maximum absolute atomic E-state index is 12.0. The van der Waals surface area contributed by atoms with Crippen molar-refractivity contribution in [1.29, 1.82) is 0 Å². The zero-order valence-corrected chi connectivity index (χ0v) is 11.7. The highest BCUT2D eigenvalue weighted by Gasteiger charge is 2.19. The molecule has 1 amide bonds. The second kappa shape index (κ2) is 6.72. The molecule has 0 atom stereocenters. The Balaban J connectivity index is 2.04. The minimum Gasteiger partial charge on any atom is -0.478 e. The number of aromatic carboxylic acids is 1. The molecule has 0 bridgehead atoms. The molecule has 0 aromatic heterocycles. The molecule has 1 aromatic carbocycles. The lowest BCUT2D eigenvalue weighted by molar-refractivity contribution is -0.117. The Kier molecular flexibility index (Phi) is 4.98. The lowest BCUT2D eigenvalue weighted by Gasteiger charge is -2.22. The van der Waals surface area contributed by atoms with Crippen LogP contribution in [0.5, 0.6) is 0 Å². The molecule has 20 heavy (non-hydrogen) atoms. The van der Waals surface area contributed by atoms with Crippen molar-refractivity contribution in [3.63, 3.8) is 0 Å². The van der Waals surface area contributed by atoms with E-state index in [0.29, 0.717) is 12.3 Å². The molecule has 0 aliphatic carbocycles. The molecule has 0 saturated carbocycles. The highest BCUT2D eigenvalue weighted by atomic mass is 35.5. The summed E-state index contributed by atoms with van der Waals surface area (Å²) in [6, 6.07) is 4.66. The van der Waals surface area contributed by atoms with Gasteiger partial charge in [-0.05, 0) is 44.0 Å². The summed E-state index contributed by atoms with van der Waals surface area (Å²) >= 11 is 5.86.